The van der Waals surface area contributed by atoms with Gasteiger partial charge in [0.1, 0.15) is 0 Å². The molecule has 1 aliphatic heterocycles. The fourth-order valence-corrected chi connectivity index (χ4v) is 2.21. The van der Waals surface area contributed by atoms with E-state index in [0.717, 1.165) is 31.2 Å². The molecule has 0 aliphatic carbocycles. The summed E-state index contributed by atoms with van der Waals surface area (Å²) in [5.41, 5.74) is 0.0649. The third-order valence-corrected chi connectivity index (χ3v) is 3.33. The zero-order valence-corrected chi connectivity index (χ0v) is 10.3. The SMILES string of the molecule is N#CB1CCC(OCc2ccc(C(F)(F)F)cc2)C1. The summed E-state index contributed by atoms with van der Waals surface area (Å²) in [5, 5.41) is 8.76. The lowest BCUT2D eigenvalue weighted by atomic mass is 9.50. The van der Waals surface area contributed by atoms with Crippen molar-refractivity contribution >= 4 is 6.71 Å². The van der Waals surface area contributed by atoms with Crippen molar-refractivity contribution in [1.29, 1.82) is 5.26 Å². The Labute approximate surface area is 110 Å². The summed E-state index contributed by atoms with van der Waals surface area (Å²) in [7, 11) is 0. The molecule has 1 unspecified atom stereocenters. The molecule has 1 aromatic carbocycles. The molecule has 0 radical (unpaired) electrons. The molecular weight excluding hydrogens is 254 g/mol. The molecule has 1 atom stereocenters. The van der Waals surface area contributed by atoms with Crippen molar-refractivity contribution in [3.63, 3.8) is 0 Å². The van der Waals surface area contributed by atoms with E-state index >= 15 is 0 Å². The summed E-state index contributed by atoms with van der Waals surface area (Å²) >= 11 is 0. The van der Waals surface area contributed by atoms with Crippen LogP contribution in [0.1, 0.15) is 17.5 Å². The van der Waals surface area contributed by atoms with E-state index in [1.54, 1.807) is 0 Å². The van der Waals surface area contributed by atoms with Gasteiger partial charge in [0.15, 0.2) is 0 Å². The highest BCUT2D eigenvalue weighted by atomic mass is 19.4. The van der Waals surface area contributed by atoms with Gasteiger partial charge in [0.05, 0.1) is 18.3 Å². The van der Waals surface area contributed by atoms with Gasteiger partial charge < -0.3 is 4.74 Å². The number of hydrogen-bond acceptors (Lipinski definition) is 2. The number of nitrogens with zero attached hydrogens (tertiary/aromatic N) is 1. The van der Waals surface area contributed by atoms with E-state index < -0.39 is 11.7 Å². The maximum atomic E-state index is 12.4. The Morgan fingerprint density at radius 1 is 1.32 bits per heavy atom. The van der Waals surface area contributed by atoms with Crippen LogP contribution in [0.25, 0.3) is 0 Å². The minimum absolute atomic E-state index is 0.0481. The average molecular weight is 267 g/mol. The molecule has 1 aromatic rings. The van der Waals surface area contributed by atoms with Crippen LogP contribution in [0.2, 0.25) is 12.6 Å². The van der Waals surface area contributed by atoms with E-state index in [1.807, 2.05) is 0 Å². The van der Waals surface area contributed by atoms with E-state index in [0.29, 0.717) is 12.2 Å². The highest BCUT2D eigenvalue weighted by Crippen LogP contribution is 2.29. The van der Waals surface area contributed by atoms with Gasteiger partial charge in [-0.2, -0.15) is 13.2 Å². The zero-order chi connectivity index (χ0) is 13.9. The van der Waals surface area contributed by atoms with Crippen LogP contribution >= 0.6 is 0 Å². The zero-order valence-electron chi connectivity index (χ0n) is 10.3. The quantitative estimate of drug-likeness (QED) is 0.784. The molecule has 0 aromatic heterocycles. The molecular formula is C13H13BF3NO. The highest BCUT2D eigenvalue weighted by molar-refractivity contribution is 6.67. The van der Waals surface area contributed by atoms with Crippen LogP contribution < -0.4 is 0 Å². The Morgan fingerprint density at radius 3 is 2.53 bits per heavy atom. The van der Waals surface area contributed by atoms with Crippen LogP contribution in [0, 0.1) is 11.2 Å². The molecule has 0 N–H and O–H groups in total. The van der Waals surface area contributed by atoms with Crippen LogP contribution in [-0.4, -0.2) is 12.8 Å². The number of ether oxygens (including phenoxy) is 1. The molecule has 2 nitrogen and oxygen atoms in total. The summed E-state index contributed by atoms with van der Waals surface area (Å²) in [6.07, 6.45) is -1.85. The van der Waals surface area contributed by atoms with E-state index in [-0.39, 0.29) is 12.8 Å². The number of alkyl halides is 3. The second-order valence-electron chi connectivity index (χ2n) is 4.77. The minimum atomic E-state index is -4.30. The van der Waals surface area contributed by atoms with Crippen molar-refractivity contribution in [2.45, 2.75) is 37.9 Å². The van der Waals surface area contributed by atoms with Gasteiger partial charge >= 0.3 is 6.18 Å². The first-order valence-electron chi connectivity index (χ1n) is 6.16. The van der Waals surface area contributed by atoms with Gasteiger partial charge in [-0.05, 0) is 30.4 Å². The van der Waals surface area contributed by atoms with Crippen molar-refractivity contribution in [2.24, 2.45) is 0 Å². The lowest BCUT2D eigenvalue weighted by Gasteiger charge is -2.12. The summed E-state index contributed by atoms with van der Waals surface area (Å²) < 4.78 is 42.7. The predicted molar refractivity (Wildman–Crippen MR) is 65.6 cm³/mol. The molecule has 0 bridgehead atoms. The van der Waals surface area contributed by atoms with E-state index in [2.05, 4.69) is 5.97 Å². The summed E-state index contributed by atoms with van der Waals surface area (Å²) in [4.78, 5) is 0. The molecule has 1 saturated heterocycles. The molecule has 6 heteroatoms. The van der Waals surface area contributed by atoms with Gasteiger partial charge in [0.25, 0.3) is 6.71 Å². The van der Waals surface area contributed by atoms with Gasteiger partial charge in [0, 0.05) is 5.97 Å². The predicted octanol–water partition coefficient (Wildman–Crippen LogP) is 3.55. The maximum Gasteiger partial charge on any atom is 0.416 e. The van der Waals surface area contributed by atoms with Crippen molar-refractivity contribution in [1.82, 2.24) is 0 Å². The van der Waals surface area contributed by atoms with Gasteiger partial charge in [-0.1, -0.05) is 18.5 Å². The van der Waals surface area contributed by atoms with Crippen LogP contribution in [-0.2, 0) is 17.5 Å². The largest absolute Gasteiger partial charge is 0.416 e. The molecule has 19 heavy (non-hydrogen) atoms. The first-order chi connectivity index (χ1) is 8.99. The van der Waals surface area contributed by atoms with Crippen molar-refractivity contribution in [3.05, 3.63) is 35.4 Å². The van der Waals surface area contributed by atoms with E-state index in [1.165, 1.54) is 12.1 Å². The topological polar surface area (TPSA) is 33.0 Å². The fourth-order valence-electron chi connectivity index (χ4n) is 2.21. The molecule has 100 valence electrons. The molecule has 1 heterocycles. The Balaban J connectivity index is 1.86. The number of halogens is 3. The highest BCUT2D eigenvalue weighted by Gasteiger charge is 2.30. The molecule has 0 spiro atoms. The molecule has 2 rings (SSSR count). The number of nitriles is 1. The van der Waals surface area contributed by atoms with Gasteiger partial charge in [-0.15, -0.1) is 0 Å². The number of benzene rings is 1. The van der Waals surface area contributed by atoms with Gasteiger partial charge in [0.2, 0.25) is 0 Å². The van der Waals surface area contributed by atoms with Gasteiger partial charge in [-0.3, -0.25) is 0 Å². The summed E-state index contributed by atoms with van der Waals surface area (Å²) in [5.74, 6) is 2.21. The van der Waals surface area contributed by atoms with Crippen molar-refractivity contribution in [3.8, 4) is 5.97 Å². The molecule has 0 amide bonds. The van der Waals surface area contributed by atoms with Gasteiger partial charge in [-0.25, -0.2) is 5.26 Å². The van der Waals surface area contributed by atoms with Crippen LogP contribution in [0.4, 0.5) is 13.2 Å². The third kappa shape index (κ3) is 3.74. The van der Waals surface area contributed by atoms with E-state index in [4.69, 9.17) is 10.00 Å². The second kappa shape index (κ2) is 5.66. The standard InChI is InChI=1S/C13H13BF3NO/c15-13(16,17)11-3-1-10(2-4-11)8-19-12-5-6-14(7-12)9-18/h1-4,12H,5-8H2. The number of hydrogen-bond donors (Lipinski definition) is 0. The Hall–Kier alpha value is -1.48. The van der Waals surface area contributed by atoms with Crippen LogP contribution in [0.5, 0.6) is 0 Å². The lowest BCUT2D eigenvalue weighted by Crippen LogP contribution is -2.11. The Morgan fingerprint density at radius 2 is 2.00 bits per heavy atom. The minimum Gasteiger partial charge on any atom is -0.374 e. The third-order valence-electron chi connectivity index (χ3n) is 3.33. The first-order valence-corrected chi connectivity index (χ1v) is 6.16. The maximum absolute atomic E-state index is 12.4. The normalized spacial score (nSPS) is 19.5. The van der Waals surface area contributed by atoms with Crippen molar-refractivity contribution in [2.75, 3.05) is 0 Å². The fraction of sp³-hybridized carbons (Fsp3) is 0.462. The number of rotatable bonds is 3. The molecule has 1 aliphatic rings. The molecule has 0 saturated carbocycles. The Bertz CT molecular complexity index is 466. The van der Waals surface area contributed by atoms with Crippen LogP contribution in [0.15, 0.2) is 24.3 Å². The van der Waals surface area contributed by atoms with Crippen LogP contribution in [0.3, 0.4) is 0 Å². The average Bonchev–Trinajstić information content (AvgIpc) is 2.84. The second-order valence-corrected chi connectivity index (χ2v) is 4.77. The molecule has 1 fully saturated rings. The lowest BCUT2D eigenvalue weighted by molar-refractivity contribution is -0.137. The smallest absolute Gasteiger partial charge is 0.374 e. The summed E-state index contributed by atoms with van der Waals surface area (Å²) in [6.45, 7) is 0.346. The Kier molecular flexibility index (Phi) is 4.15. The monoisotopic (exact) mass is 267 g/mol. The van der Waals surface area contributed by atoms with E-state index in [9.17, 15) is 13.2 Å². The van der Waals surface area contributed by atoms with Crippen molar-refractivity contribution < 1.29 is 17.9 Å². The summed E-state index contributed by atoms with van der Waals surface area (Å²) in [6, 6.07) is 4.98. The first kappa shape index (κ1) is 13.9.